The van der Waals surface area contributed by atoms with E-state index in [1.54, 1.807) is 25.1 Å². The Morgan fingerprint density at radius 1 is 1.20 bits per heavy atom. The minimum atomic E-state index is -0.327. The summed E-state index contributed by atoms with van der Waals surface area (Å²) in [4.78, 5) is 26.1. The van der Waals surface area contributed by atoms with E-state index in [1.165, 1.54) is 11.8 Å². The number of allylic oxidation sites excluding steroid dienone is 1. The second kappa shape index (κ2) is 10.4. The van der Waals surface area contributed by atoms with Crippen molar-refractivity contribution >= 4 is 40.9 Å². The fourth-order valence-corrected chi connectivity index (χ4v) is 3.93. The van der Waals surface area contributed by atoms with Gasteiger partial charge in [0.05, 0.1) is 24.5 Å². The van der Waals surface area contributed by atoms with E-state index in [2.05, 4.69) is 10.6 Å². The van der Waals surface area contributed by atoms with Crippen molar-refractivity contribution in [3.05, 3.63) is 69.3 Å². The van der Waals surface area contributed by atoms with E-state index < -0.39 is 0 Å². The molecule has 0 atom stereocenters. The molecular formula is C22H23ClN2O4S. The number of para-hydroxylation sites is 1. The number of benzene rings is 2. The Balaban J connectivity index is 1.76. The van der Waals surface area contributed by atoms with Crippen molar-refractivity contribution in [2.75, 3.05) is 24.3 Å². The Morgan fingerprint density at radius 3 is 2.77 bits per heavy atom. The Hall–Kier alpha value is -2.64. The molecule has 8 heteroatoms. The van der Waals surface area contributed by atoms with Crippen molar-refractivity contribution in [3.8, 4) is 5.75 Å². The number of anilines is 1. The van der Waals surface area contributed by atoms with Crippen LogP contribution in [0.1, 0.15) is 29.8 Å². The molecule has 1 aliphatic heterocycles. The van der Waals surface area contributed by atoms with Gasteiger partial charge in [-0.25, -0.2) is 0 Å². The first-order valence-electron chi connectivity index (χ1n) is 9.56. The van der Waals surface area contributed by atoms with Crippen molar-refractivity contribution in [1.82, 2.24) is 5.32 Å². The Bertz CT molecular complexity index is 977. The lowest BCUT2D eigenvalue weighted by Gasteiger charge is -2.19. The quantitative estimate of drug-likeness (QED) is 0.649. The number of carbonyl (C=O) groups excluding carboxylic acids is 2. The largest absolute Gasteiger partial charge is 0.496 e. The molecule has 0 saturated carbocycles. The fraction of sp³-hybridized carbons (Fsp3) is 0.273. The summed E-state index contributed by atoms with van der Waals surface area (Å²) in [5.41, 5.74) is 1.53. The molecule has 1 aliphatic rings. The molecule has 2 N–H and O–H groups in total. The third kappa shape index (κ3) is 5.49. The van der Waals surface area contributed by atoms with Gasteiger partial charge in [-0.05, 0) is 38.1 Å². The molecule has 0 fully saturated rings. The van der Waals surface area contributed by atoms with Gasteiger partial charge in [0, 0.05) is 22.9 Å². The highest BCUT2D eigenvalue weighted by molar-refractivity contribution is 8.04. The lowest BCUT2D eigenvalue weighted by molar-refractivity contribution is -0.112. The van der Waals surface area contributed by atoms with Gasteiger partial charge in [0.25, 0.3) is 11.8 Å². The molecule has 0 aromatic heterocycles. The molecule has 0 saturated heterocycles. The number of ether oxygens (including phenoxy) is 2. The van der Waals surface area contributed by atoms with Gasteiger partial charge in [0.15, 0.2) is 0 Å². The number of hydrogen-bond donors (Lipinski definition) is 2. The molecule has 0 unspecified atom stereocenters. The minimum absolute atomic E-state index is 0.291. The summed E-state index contributed by atoms with van der Waals surface area (Å²) in [6.07, 6.45) is 0. The van der Waals surface area contributed by atoms with E-state index >= 15 is 0 Å². The van der Waals surface area contributed by atoms with E-state index in [4.69, 9.17) is 21.1 Å². The second-order valence-corrected chi connectivity index (χ2v) is 7.99. The monoisotopic (exact) mass is 446 g/mol. The van der Waals surface area contributed by atoms with Crippen LogP contribution >= 0.6 is 23.4 Å². The molecule has 3 rings (SSSR count). The number of halogens is 1. The smallest absolute Gasteiger partial charge is 0.265 e. The van der Waals surface area contributed by atoms with Crippen molar-refractivity contribution in [2.24, 2.45) is 0 Å². The van der Waals surface area contributed by atoms with Crippen LogP contribution in [0.15, 0.2) is 53.1 Å². The van der Waals surface area contributed by atoms with Crippen molar-refractivity contribution in [2.45, 2.75) is 20.4 Å². The van der Waals surface area contributed by atoms with Crippen molar-refractivity contribution in [3.63, 3.8) is 0 Å². The highest BCUT2D eigenvalue weighted by Crippen LogP contribution is 2.28. The van der Waals surface area contributed by atoms with Gasteiger partial charge in [-0.3, -0.25) is 9.59 Å². The van der Waals surface area contributed by atoms with E-state index in [1.807, 2.05) is 31.2 Å². The van der Waals surface area contributed by atoms with Gasteiger partial charge in [-0.2, -0.15) is 0 Å². The third-order valence-corrected chi connectivity index (χ3v) is 5.73. The van der Waals surface area contributed by atoms with Crippen molar-refractivity contribution < 1.29 is 19.1 Å². The molecule has 0 aliphatic carbocycles. The molecule has 158 valence electrons. The fourth-order valence-electron chi connectivity index (χ4n) is 2.94. The summed E-state index contributed by atoms with van der Waals surface area (Å²) in [6.45, 7) is 5.06. The summed E-state index contributed by atoms with van der Waals surface area (Å²) in [7, 11) is 0. The maximum absolute atomic E-state index is 12.9. The summed E-state index contributed by atoms with van der Waals surface area (Å²) < 4.78 is 11.0. The maximum Gasteiger partial charge on any atom is 0.265 e. The standard InChI is InChI=1S/C22H23ClN2O4S/c1-3-28-19-7-5-4-6-15(19)13-24-21(26)17-9-8-16(23)12-18(17)25-22(27)20-14(2)29-10-11-30-20/h4-9,12H,3,10-11,13H2,1-2H3,(H,24,26)(H,25,27). The Kier molecular flexibility index (Phi) is 7.65. The van der Waals surface area contributed by atoms with E-state index in [0.29, 0.717) is 52.4 Å². The number of hydrogen-bond acceptors (Lipinski definition) is 5. The molecule has 6 nitrogen and oxygen atoms in total. The van der Waals surface area contributed by atoms with Gasteiger partial charge in [-0.1, -0.05) is 29.8 Å². The zero-order valence-electron chi connectivity index (χ0n) is 16.8. The molecule has 2 aromatic rings. The van der Waals surface area contributed by atoms with Crippen LogP contribution in [0.5, 0.6) is 5.75 Å². The highest BCUT2D eigenvalue weighted by atomic mass is 35.5. The molecule has 0 spiro atoms. The van der Waals surface area contributed by atoms with E-state index in [9.17, 15) is 9.59 Å². The first-order valence-corrected chi connectivity index (χ1v) is 10.9. The molecule has 2 aromatic carbocycles. The second-order valence-electron chi connectivity index (χ2n) is 6.45. The molecule has 1 heterocycles. The Morgan fingerprint density at radius 2 is 2.00 bits per heavy atom. The van der Waals surface area contributed by atoms with Gasteiger partial charge in [0.1, 0.15) is 16.4 Å². The minimum Gasteiger partial charge on any atom is -0.496 e. The number of nitrogens with one attached hydrogen (secondary N) is 2. The molecule has 2 amide bonds. The van der Waals surface area contributed by atoms with Crippen LogP contribution in [0.25, 0.3) is 0 Å². The average Bonchev–Trinajstić information content (AvgIpc) is 2.73. The predicted molar refractivity (Wildman–Crippen MR) is 120 cm³/mol. The van der Waals surface area contributed by atoms with Crippen LogP contribution in [-0.2, 0) is 16.1 Å². The number of rotatable bonds is 7. The van der Waals surface area contributed by atoms with E-state index in [-0.39, 0.29) is 11.8 Å². The lowest BCUT2D eigenvalue weighted by atomic mass is 10.1. The maximum atomic E-state index is 12.9. The number of amides is 2. The van der Waals surface area contributed by atoms with Crippen LogP contribution < -0.4 is 15.4 Å². The first kappa shape index (κ1) is 22.1. The molecule has 0 bridgehead atoms. The lowest BCUT2D eigenvalue weighted by Crippen LogP contribution is -2.26. The number of carbonyl (C=O) groups is 2. The van der Waals surface area contributed by atoms with Gasteiger partial charge in [-0.15, -0.1) is 11.8 Å². The highest BCUT2D eigenvalue weighted by Gasteiger charge is 2.21. The van der Waals surface area contributed by atoms with Gasteiger partial charge < -0.3 is 20.1 Å². The van der Waals surface area contributed by atoms with Crippen molar-refractivity contribution in [1.29, 1.82) is 0 Å². The molecule has 0 radical (unpaired) electrons. The van der Waals surface area contributed by atoms with Gasteiger partial charge >= 0.3 is 0 Å². The average molecular weight is 447 g/mol. The SMILES string of the molecule is CCOc1ccccc1CNC(=O)c1ccc(Cl)cc1NC(=O)C1=C(C)OCCS1. The van der Waals surface area contributed by atoms with Crippen LogP contribution in [0, 0.1) is 0 Å². The topological polar surface area (TPSA) is 76.7 Å². The number of thioether (sulfide) groups is 1. The zero-order chi connectivity index (χ0) is 21.5. The molecule has 30 heavy (non-hydrogen) atoms. The summed E-state index contributed by atoms with van der Waals surface area (Å²) >= 11 is 7.53. The van der Waals surface area contributed by atoms with Gasteiger partial charge in [0.2, 0.25) is 0 Å². The van der Waals surface area contributed by atoms with Crippen LogP contribution in [0.4, 0.5) is 5.69 Å². The summed E-state index contributed by atoms with van der Waals surface area (Å²) in [5.74, 6) is 1.34. The first-order chi connectivity index (χ1) is 14.5. The third-order valence-electron chi connectivity index (χ3n) is 4.36. The summed E-state index contributed by atoms with van der Waals surface area (Å²) in [5, 5.41) is 6.09. The Labute approximate surface area is 185 Å². The molecular weight excluding hydrogens is 424 g/mol. The normalized spacial score (nSPS) is 13.4. The zero-order valence-corrected chi connectivity index (χ0v) is 18.4. The van der Waals surface area contributed by atoms with Crippen LogP contribution in [0.2, 0.25) is 5.02 Å². The summed E-state index contributed by atoms with van der Waals surface area (Å²) in [6, 6.07) is 12.3. The van der Waals surface area contributed by atoms with E-state index in [0.717, 1.165) is 11.3 Å². The van der Waals surface area contributed by atoms with Crippen LogP contribution in [-0.4, -0.2) is 30.8 Å². The van der Waals surface area contributed by atoms with Crippen LogP contribution in [0.3, 0.4) is 0 Å². The predicted octanol–water partition coefficient (Wildman–Crippen LogP) is 4.60.